The third-order valence-corrected chi connectivity index (χ3v) is 4.59. The van der Waals surface area contributed by atoms with Gasteiger partial charge in [0.25, 0.3) is 0 Å². The normalized spacial score (nSPS) is 18.7. The molecule has 1 fully saturated rings. The van der Waals surface area contributed by atoms with Crippen LogP contribution in [0.5, 0.6) is 0 Å². The van der Waals surface area contributed by atoms with Gasteiger partial charge in [-0.05, 0) is 56.3 Å². The predicted molar refractivity (Wildman–Crippen MR) is 88.6 cm³/mol. The molecule has 116 valence electrons. The highest BCUT2D eigenvalue weighted by Crippen LogP contribution is 2.24. The number of amides is 1. The van der Waals surface area contributed by atoms with Gasteiger partial charge in [0.05, 0.1) is 6.04 Å². The van der Waals surface area contributed by atoms with Crippen molar-refractivity contribution in [2.45, 2.75) is 52.5 Å². The van der Waals surface area contributed by atoms with Gasteiger partial charge in [-0.3, -0.25) is 9.69 Å². The van der Waals surface area contributed by atoms with Crippen LogP contribution in [0.4, 0.5) is 5.69 Å². The van der Waals surface area contributed by atoms with Crippen molar-refractivity contribution in [3.63, 3.8) is 0 Å². The van der Waals surface area contributed by atoms with E-state index in [-0.39, 0.29) is 11.9 Å². The summed E-state index contributed by atoms with van der Waals surface area (Å²) in [6, 6.07) is 8.04. The van der Waals surface area contributed by atoms with Crippen LogP contribution < -0.4 is 5.32 Å². The fourth-order valence-electron chi connectivity index (χ4n) is 2.93. The zero-order valence-corrected chi connectivity index (χ0v) is 13.7. The molecular formula is C18H28N2O. The lowest BCUT2D eigenvalue weighted by atomic mass is 9.98. The molecule has 0 bridgehead atoms. The quantitative estimate of drug-likeness (QED) is 0.912. The summed E-state index contributed by atoms with van der Waals surface area (Å²) in [6.07, 6.45) is 2.39. The summed E-state index contributed by atoms with van der Waals surface area (Å²) in [6.45, 7) is 10.7. The van der Waals surface area contributed by atoms with Gasteiger partial charge in [-0.2, -0.15) is 0 Å². The van der Waals surface area contributed by atoms with E-state index in [0.29, 0.717) is 5.92 Å². The third-order valence-electron chi connectivity index (χ3n) is 4.59. The van der Waals surface area contributed by atoms with Crippen molar-refractivity contribution in [2.24, 2.45) is 5.92 Å². The number of nitrogens with zero attached hydrogens (tertiary/aromatic N) is 1. The molecule has 21 heavy (non-hydrogen) atoms. The summed E-state index contributed by atoms with van der Waals surface area (Å²) in [5.74, 6) is 1.31. The Kier molecular flexibility index (Phi) is 5.40. The summed E-state index contributed by atoms with van der Waals surface area (Å²) in [7, 11) is 0. The Bertz CT molecular complexity index is 476. The van der Waals surface area contributed by atoms with Gasteiger partial charge >= 0.3 is 0 Å². The average Bonchev–Trinajstić information content (AvgIpc) is 2.47. The van der Waals surface area contributed by atoms with Gasteiger partial charge in [0.1, 0.15) is 0 Å². The standard InChI is InChI=1S/C18H28N2O/c1-13(2)16-7-5-6-8-17(16)19-18(21)15(4)20-11-9-14(3)10-12-20/h5-8,13-15H,9-12H2,1-4H3,(H,19,21)/t15-/m1/s1. The maximum atomic E-state index is 12.5. The van der Waals surface area contributed by atoms with Gasteiger partial charge in [0, 0.05) is 5.69 Å². The van der Waals surface area contributed by atoms with Crippen LogP contribution in [0.1, 0.15) is 52.0 Å². The average molecular weight is 288 g/mol. The minimum Gasteiger partial charge on any atom is -0.324 e. The molecule has 0 unspecified atom stereocenters. The molecule has 0 radical (unpaired) electrons. The monoisotopic (exact) mass is 288 g/mol. The zero-order chi connectivity index (χ0) is 15.4. The van der Waals surface area contributed by atoms with Crippen molar-refractivity contribution in [1.82, 2.24) is 4.90 Å². The Morgan fingerprint density at radius 3 is 2.43 bits per heavy atom. The summed E-state index contributed by atoms with van der Waals surface area (Å²) < 4.78 is 0. The van der Waals surface area contributed by atoms with Crippen molar-refractivity contribution < 1.29 is 4.79 Å². The van der Waals surface area contributed by atoms with E-state index in [0.717, 1.165) is 24.7 Å². The van der Waals surface area contributed by atoms with Gasteiger partial charge in [0.2, 0.25) is 5.91 Å². The fraction of sp³-hybridized carbons (Fsp3) is 0.611. The number of anilines is 1. The SMILES string of the molecule is CC1CCN([C@H](C)C(=O)Nc2ccccc2C(C)C)CC1. The number of nitrogens with one attached hydrogen (secondary N) is 1. The Balaban J connectivity index is 2.01. The van der Waals surface area contributed by atoms with Crippen molar-refractivity contribution in [3.05, 3.63) is 29.8 Å². The number of likely N-dealkylation sites (tertiary alicyclic amines) is 1. The minimum absolute atomic E-state index is 0.0577. The second kappa shape index (κ2) is 7.08. The molecule has 3 nitrogen and oxygen atoms in total. The first-order valence-corrected chi connectivity index (χ1v) is 8.13. The molecular weight excluding hydrogens is 260 g/mol. The fourth-order valence-corrected chi connectivity index (χ4v) is 2.93. The van der Waals surface area contributed by atoms with Crippen molar-refractivity contribution in [3.8, 4) is 0 Å². The smallest absolute Gasteiger partial charge is 0.241 e. The number of carbonyl (C=O) groups is 1. The maximum absolute atomic E-state index is 12.5. The van der Waals surface area contributed by atoms with Crippen molar-refractivity contribution in [1.29, 1.82) is 0 Å². The van der Waals surface area contributed by atoms with Gasteiger partial charge in [-0.25, -0.2) is 0 Å². The maximum Gasteiger partial charge on any atom is 0.241 e. The molecule has 2 rings (SSSR count). The Labute approximate surface area is 128 Å². The summed E-state index contributed by atoms with van der Waals surface area (Å²) in [5, 5.41) is 3.12. The first-order valence-electron chi connectivity index (χ1n) is 8.13. The Hall–Kier alpha value is -1.35. The molecule has 3 heteroatoms. The molecule has 1 heterocycles. The zero-order valence-electron chi connectivity index (χ0n) is 13.7. The topological polar surface area (TPSA) is 32.3 Å². The van der Waals surface area contributed by atoms with Crippen LogP contribution in [0.2, 0.25) is 0 Å². The van der Waals surface area contributed by atoms with Gasteiger partial charge in [-0.15, -0.1) is 0 Å². The molecule has 1 N–H and O–H groups in total. The minimum atomic E-state index is -0.0577. The Morgan fingerprint density at radius 1 is 1.19 bits per heavy atom. The molecule has 1 atom stereocenters. The van der Waals surface area contributed by atoms with E-state index in [2.05, 4.69) is 37.1 Å². The largest absolute Gasteiger partial charge is 0.324 e. The van der Waals surface area contributed by atoms with Gasteiger partial charge < -0.3 is 5.32 Å². The van der Waals surface area contributed by atoms with Gasteiger partial charge in [0.15, 0.2) is 0 Å². The van der Waals surface area contributed by atoms with E-state index in [1.807, 2.05) is 25.1 Å². The van der Waals surface area contributed by atoms with E-state index in [1.54, 1.807) is 0 Å². The molecule has 0 spiro atoms. The summed E-state index contributed by atoms with van der Waals surface area (Å²) in [4.78, 5) is 14.8. The van der Waals surface area contributed by atoms with E-state index >= 15 is 0 Å². The first kappa shape index (κ1) is 16.0. The van der Waals surface area contributed by atoms with E-state index < -0.39 is 0 Å². The second-order valence-electron chi connectivity index (χ2n) is 6.63. The molecule has 1 saturated heterocycles. The van der Waals surface area contributed by atoms with E-state index in [1.165, 1.54) is 18.4 Å². The van der Waals surface area contributed by atoms with Crippen molar-refractivity contribution >= 4 is 11.6 Å². The number of carbonyl (C=O) groups excluding carboxylic acids is 1. The molecule has 1 aromatic rings. The van der Waals surface area contributed by atoms with Crippen LogP contribution in [-0.4, -0.2) is 29.9 Å². The lowest BCUT2D eigenvalue weighted by Crippen LogP contribution is -2.45. The lowest BCUT2D eigenvalue weighted by Gasteiger charge is -2.34. The number of para-hydroxylation sites is 1. The van der Waals surface area contributed by atoms with Crippen LogP contribution in [-0.2, 0) is 4.79 Å². The molecule has 1 amide bonds. The highest BCUT2D eigenvalue weighted by Gasteiger charge is 2.25. The van der Waals surface area contributed by atoms with E-state index in [9.17, 15) is 4.79 Å². The van der Waals surface area contributed by atoms with Crippen LogP contribution in [0.25, 0.3) is 0 Å². The van der Waals surface area contributed by atoms with E-state index in [4.69, 9.17) is 0 Å². The summed E-state index contributed by atoms with van der Waals surface area (Å²) in [5.41, 5.74) is 2.15. The highest BCUT2D eigenvalue weighted by atomic mass is 16.2. The lowest BCUT2D eigenvalue weighted by molar-refractivity contribution is -0.121. The first-order chi connectivity index (χ1) is 9.99. The molecule has 0 aliphatic carbocycles. The van der Waals surface area contributed by atoms with Crippen LogP contribution in [0.15, 0.2) is 24.3 Å². The molecule has 0 saturated carbocycles. The highest BCUT2D eigenvalue weighted by molar-refractivity contribution is 5.95. The third kappa shape index (κ3) is 4.07. The van der Waals surface area contributed by atoms with Gasteiger partial charge in [-0.1, -0.05) is 39.0 Å². The summed E-state index contributed by atoms with van der Waals surface area (Å²) >= 11 is 0. The molecule has 1 aromatic carbocycles. The number of rotatable bonds is 4. The van der Waals surface area contributed by atoms with Crippen LogP contribution in [0, 0.1) is 5.92 Å². The number of piperidine rings is 1. The predicted octanol–water partition coefficient (Wildman–Crippen LogP) is 3.87. The molecule has 1 aliphatic heterocycles. The molecule has 1 aliphatic rings. The van der Waals surface area contributed by atoms with Crippen LogP contribution >= 0.6 is 0 Å². The Morgan fingerprint density at radius 2 is 1.81 bits per heavy atom. The number of hydrogen-bond acceptors (Lipinski definition) is 2. The van der Waals surface area contributed by atoms with Crippen molar-refractivity contribution in [2.75, 3.05) is 18.4 Å². The second-order valence-corrected chi connectivity index (χ2v) is 6.63. The molecule has 0 aromatic heterocycles. The van der Waals surface area contributed by atoms with Crippen LogP contribution in [0.3, 0.4) is 0 Å². The number of benzene rings is 1. The number of hydrogen-bond donors (Lipinski definition) is 1.